The summed E-state index contributed by atoms with van der Waals surface area (Å²) in [5.41, 5.74) is 8.85. The van der Waals surface area contributed by atoms with Gasteiger partial charge in [0.15, 0.2) is 5.78 Å². The van der Waals surface area contributed by atoms with Crippen molar-refractivity contribution >= 4 is 17.9 Å². The molecule has 0 aromatic rings. The standard InChI is InChI=1S/C27H20O/c28-27-25(17-19-13-21-7-3-1-4-8-22(21)14-19)11-12-26(27)18-20-15-23-9-5-2-6-10-24(23)16-20/h1-10,13-18H,11-12H2/b25-17-,26-18+. The summed E-state index contributed by atoms with van der Waals surface area (Å²) < 4.78 is 0. The third kappa shape index (κ3) is 3.16. The normalized spacial score (nSPS) is 17.2. The van der Waals surface area contributed by atoms with Crippen LogP contribution in [0, 0.1) is 0 Å². The van der Waals surface area contributed by atoms with E-state index in [1.807, 2.05) is 36.4 Å². The monoisotopic (exact) mass is 360 g/mol. The van der Waals surface area contributed by atoms with Gasteiger partial charge in [-0.1, -0.05) is 60.7 Å². The molecule has 0 N–H and O–H groups in total. The minimum atomic E-state index is 0.187. The Morgan fingerprint density at radius 3 is 1.25 bits per heavy atom. The molecule has 28 heavy (non-hydrogen) atoms. The summed E-state index contributed by atoms with van der Waals surface area (Å²) in [6.07, 6.45) is 5.75. The zero-order valence-corrected chi connectivity index (χ0v) is 15.6. The molecule has 0 aromatic carbocycles. The van der Waals surface area contributed by atoms with E-state index in [0.29, 0.717) is 0 Å². The van der Waals surface area contributed by atoms with Crippen LogP contribution in [0.5, 0.6) is 0 Å². The van der Waals surface area contributed by atoms with Crippen LogP contribution in [0.2, 0.25) is 0 Å². The quantitative estimate of drug-likeness (QED) is 0.362. The van der Waals surface area contributed by atoms with Crippen molar-refractivity contribution in [3.8, 4) is 22.3 Å². The molecule has 0 amide bonds. The molecule has 134 valence electrons. The van der Waals surface area contributed by atoms with Crippen LogP contribution in [0.25, 0.3) is 34.4 Å². The molecule has 1 heteroatoms. The van der Waals surface area contributed by atoms with Crippen LogP contribution in [0.15, 0.2) is 96.1 Å². The first kappa shape index (κ1) is 16.7. The van der Waals surface area contributed by atoms with Gasteiger partial charge >= 0.3 is 0 Å². The third-order valence-corrected chi connectivity index (χ3v) is 5.43. The molecule has 5 aliphatic rings. The van der Waals surface area contributed by atoms with Crippen molar-refractivity contribution in [3.63, 3.8) is 0 Å². The van der Waals surface area contributed by atoms with Gasteiger partial charge in [0, 0.05) is 11.1 Å². The molecule has 0 spiro atoms. The molecule has 0 aromatic heterocycles. The number of hydrogen-bond acceptors (Lipinski definition) is 1. The summed E-state index contributed by atoms with van der Waals surface area (Å²) in [6, 6.07) is 29.3. The van der Waals surface area contributed by atoms with E-state index in [9.17, 15) is 4.79 Å². The SMILES string of the molecule is O=C1/C(=C\c2cc3cccccc-3c2)CC/C1=C\c1cc2cccccc-2c1. The Balaban J connectivity index is 1.44. The molecule has 1 saturated carbocycles. The lowest BCUT2D eigenvalue weighted by Gasteiger charge is -1.94. The van der Waals surface area contributed by atoms with E-state index in [0.717, 1.165) is 35.1 Å². The number of hydrogen-bond donors (Lipinski definition) is 0. The van der Waals surface area contributed by atoms with E-state index >= 15 is 0 Å². The Hall–Kier alpha value is -3.45. The number of allylic oxidation sites excluding steroid dienone is 2. The Morgan fingerprint density at radius 1 is 0.536 bits per heavy atom. The highest BCUT2D eigenvalue weighted by Crippen LogP contribution is 2.33. The molecular weight excluding hydrogens is 340 g/mol. The van der Waals surface area contributed by atoms with E-state index < -0.39 is 0 Å². The molecule has 0 aliphatic heterocycles. The van der Waals surface area contributed by atoms with Gasteiger partial charge in [-0.15, -0.1) is 0 Å². The summed E-state index contributed by atoms with van der Waals surface area (Å²) in [6.45, 7) is 0. The number of Topliss-reactive ketones (excluding diaryl/α,β-unsaturated/α-hetero) is 1. The van der Waals surface area contributed by atoms with Crippen molar-refractivity contribution in [2.75, 3.05) is 0 Å². The van der Waals surface area contributed by atoms with Gasteiger partial charge in [-0.05, 0) is 82.6 Å². The maximum atomic E-state index is 12.9. The molecular formula is C27H20O. The van der Waals surface area contributed by atoms with Gasteiger partial charge < -0.3 is 0 Å². The summed E-state index contributed by atoms with van der Waals surface area (Å²) >= 11 is 0. The van der Waals surface area contributed by atoms with Crippen LogP contribution in [-0.2, 0) is 4.79 Å². The fraction of sp³-hybridized carbons (Fsp3) is 0.0741. The number of ketones is 1. The van der Waals surface area contributed by atoms with Gasteiger partial charge in [-0.3, -0.25) is 4.79 Å². The molecule has 1 nitrogen and oxygen atoms in total. The highest BCUT2D eigenvalue weighted by atomic mass is 16.1. The minimum Gasteiger partial charge on any atom is -0.289 e. The summed E-state index contributed by atoms with van der Waals surface area (Å²) in [7, 11) is 0. The van der Waals surface area contributed by atoms with Crippen molar-refractivity contribution in [2.45, 2.75) is 12.8 Å². The zero-order chi connectivity index (χ0) is 18.9. The number of carbonyl (C=O) groups is 1. The maximum absolute atomic E-state index is 12.9. The average Bonchev–Trinajstić information content (AvgIpc) is 3.24. The topological polar surface area (TPSA) is 17.1 Å². The van der Waals surface area contributed by atoms with Crippen LogP contribution < -0.4 is 0 Å². The van der Waals surface area contributed by atoms with Crippen LogP contribution in [0.3, 0.4) is 0 Å². The molecule has 1 fully saturated rings. The van der Waals surface area contributed by atoms with Crippen molar-refractivity contribution in [1.82, 2.24) is 0 Å². The Bertz CT molecular complexity index is 1020. The number of fused-ring (bicyclic) bond motifs is 2. The van der Waals surface area contributed by atoms with Crippen molar-refractivity contribution < 1.29 is 4.79 Å². The fourth-order valence-corrected chi connectivity index (χ4v) is 4.02. The molecule has 0 saturated heterocycles. The smallest absolute Gasteiger partial charge is 0.185 e. The second-order valence-electron chi connectivity index (χ2n) is 7.39. The number of carbonyl (C=O) groups excluding carboxylic acids is 1. The molecule has 0 bridgehead atoms. The van der Waals surface area contributed by atoms with Crippen LogP contribution >= 0.6 is 0 Å². The summed E-state index contributed by atoms with van der Waals surface area (Å²) in [5.74, 6) is 0.187. The molecule has 5 rings (SSSR count). The fourth-order valence-electron chi connectivity index (χ4n) is 4.02. The lowest BCUT2D eigenvalue weighted by atomic mass is 10.1. The third-order valence-electron chi connectivity index (χ3n) is 5.43. The van der Waals surface area contributed by atoms with Crippen molar-refractivity contribution in [2.24, 2.45) is 0 Å². The first-order chi connectivity index (χ1) is 13.8. The molecule has 0 unspecified atom stereocenters. The van der Waals surface area contributed by atoms with E-state index in [2.05, 4.69) is 60.7 Å². The predicted octanol–water partition coefficient (Wildman–Crippen LogP) is 6.73. The minimum absolute atomic E-state index is 0.187. The summed E-state index contributed by atoms with van der Waals surface area (Å²) in [4.78, 5) is 12.9. The van der Waals surface area contributed by atoms with Crippen molar-refractivity contribution in [3.05, 3.63) is 107 Å². The molecule has 0 radical (unpaired) electrons. The Kier molecular flexibility index (Phi) is 4.14. The highest BCUT2D eigenvalue weighted by molar-refractivity contribution is 6.15. The first-order valence-electron chi connectivity index (χ1n) is 9.70. The Labute approximate surface area is 165 Å². The largest absolute Gasteiger partial charge is 0.289 e. The van der Waals surface area contributed by atoms with Gasteiger partial charge in [-0.25, -0.2) is 0 Å². The van der Waals surface area contributed by atoms with Crippen LogP contribution in [0.1, 0.15) is 24.0 Å². The average molecular weight is 360 g/mol. The van der Waals surface area contributed by atoms with E-state index in [1.54, 1.807) is 0 Å². The maximum Gasteiger partial charge on any atom is 0.185 e. The van der Waals surface area contributed by atoms with Gasteiger partial charge in [0.2, 0.25) is 0 Å². The van der Waals surface area contributed by atoms with E-state index in [4.69, 9.17) is 0 Å². The second-order valence-corrected chi connectivity index (χ2v) is 7.39. The lowest BCUT2D eigenvalue weighted by molar-refractivity contribution is -0.111. The number of rotatable bonds is 2. The zero-order valence-electron chi connectivity index (χ0n) is 15.6. The van der Waals surface area contributed by atoms with Gasteiger partial charge in [0.1, 0.15) is 0 Å². The van der Waals surface area contributed by atoms with Gasteiger partial charge in [0.05, 0.1) is 0 Å². The highest BCUT2D eigenvalue weighted by Gasteiger charge is 2.23. The second kappa shape index (κ2) is 6.94. The van der Waals surface area contributed by atoms with E-state index in [-0.39, 0.29) is 5.78 Å². The van der Waals surface area contributed by atoms with Gasteiger partial charge in [-0.2, -0.15) is 0 Å². The summed E-state index contributed by atoms with van der Waals surface area (Å²) in [5, 5.41) is 0. The molecule has 0 atom stereocenters. The van der Waals surface area contributed by atoms with Gasteiger partial charge in [0.25, 0.3) is 0 Å². The molecule has 0 heterocycles. The van der Waals surface area contributed by atoms with E-state index in [1.165, 1.54) is 22.3 Å². The Morgan fingerprint density at radius 2 is 0.893 bits per heavy atom. The molecule has 5 aliphatic carbocycles. The van der Waals surface area contributed by atoms with Crippen LogP contribution in [-0.4, -0.2) is 5.78 Å². The van der Waals surface area contributed by atoms with Crippen molar-refractivity contribution in [1.29, 1.82) is 0 Å². The van der Waals surface area contributed by atoms with Crippen LogP contribution in [0.4, 0.5) is 0 Å². The first-order valence-corrected chi connectivity index (χ1v) is 9.70. The predicted molar refractivity (Wildman–Crippen MR) is 116 cm³/mol. The lowest BCUT2D eigenvalue weighted by Crippen LogP contribution is -1.95.